The third kappa shape index (κ3) is 1.01. The molecule has 0 saturated heterocycles. The molecule has 12 heavy (non-hydrogen) atoms. The molecular formula is C10H11N2+. The average Bonchev–Trinajstić information content (AvgIpc) is 2.46. The van der Waals surface area contributed by atoms with Crippen LogP contribution in [0.4, 0.5) is 0 Å². The summed E-state index contributed by atoms with van der Waals surface area (Å²) >= 11 is 0. The van der Waals surface area contributed by atoms with Gasteiger partial charge in [0.05, 0.1) is 0 Å². The summed E-state index contributed by atoms with van der Waals surface area (Å²) in [6.45, 7) is 1.89. The normalized spacial score (nSPS) is 10.4. The lowest BCUT2D eigenvalue weighted by molar-refractivity contribution is -0.113. The van der Waals surface area contributed by atoms with Gasteiger partial charge in [-0.1, -0.05) is 18.2 Å². The van der Waals surface area contributed by atoms with E-state index in [4.69, 9.17) is 5.41 Å². The minimum atomic E-state index is 0.825. The van der Waals surface area contributed by atoms with Crippen molar-refractivity contribution in [3.05, 3.63) is 36.0 Å². The largest absolute Gasteiger partial charge is 0.350 e. The molecule has 2 rings (SSSR count). The third-order valence-electron chi connectivity index (χ3n) is 1.95. The van der Waals surface area contributed by atoms with Crippen LogP contribution in [-0.4, -0.2) is 10.7 Å². The molecule has 0 bridgehead atoms. The Labute approximate surface area is 70.7 Å². The van der Waals surface area contributed by atoms with Crippen molar-refractivity contribution in [2.75, 3.05) is 0 Å². The van der Waals surface area contributed by atoms with E-state index in [0.29, 0.717) is 0 Å². The molecule has 0 fully saturated rings. The van der Waals surface area contributed by atoms with Gasteiger partial charge < -0.3 is 4.98 Å². The second-order valence-corrected chi connectivity index (χ2v) is 2.95. The maximum atomic E-state index is 5.66. The van der Waals surface area contributed by atoms with Gasteiger partial charge in [-0.2, -0.15) is 0 Å². The molecule has 2 aromatic rings. The molecule has 0 unspecified atom stereocenters. The first-order valence-corrected chi connectivity index (χ1v) is 3.94. The molecule has 0 saturated carbocycles. The number of aromatic nitrogens is 1. The molecule has 0 aliphatic heterocycles. The van der Waals surface area contributed by atoms with Crippen LogP contribution in [-0.2, 0) is 0 Å². The number of H-pyrrole nitrogens is 1. The highest BCUT2D eigenvalue weighted by atomic mass is 14.7. The lowest BCUT2D eigenvalue weighted by atomic mass is 10.2. The van der Waals surface area contributed by atoms with E-state index in [-0.39, 0.29) is 0 Å². The molecule has 1 heterocycles. The Morgan fingerprint density at radius 3 is 2.75 bits per heavy atom. The number of hydrogen-bond donors (Lipinski definition) is 2. The van der Waals surface area contributed by atoms with Crippen molar-refractivity contribution in [2.24, 2.45) is 0 Å². The lowest BCUT2D eigenvalue weighted by Gasteiger charge is -1.84. The van der Waals surface area contributed by atoms with Gasteiger partial charge in [0.2, 0.25) is 0 Å². The molecule has 0 amide bonds. The van der Waals surface area contributed by atoms with E-state index in [9.17, 15) is 0 Å². The van der Waals surface area contributed by atoms with E-state index >= 15 is 0 Å². The standard InChI is InChI=1S/C10H10N2/c1-7(11)10-6-8-4-2-3-5-9(8)12-10/h2-6,11-12H,1H3/p+1. The van der Waals surface area contributed by atoms with Gasteiger partial charge in [-0.15, -0.1) is 0 Å². The predicted molar refractivity (Wildman–Crippen MR) is 50.0 cm³/mol. The number of fused-ring (bicyclic) bond motifs is 1. The Balaban J connectivity index is 2.70. The number of benzene rings is 1. The molecule has 60 valence electrons. The van der Waals surface area contributed by atoms with Gasteiger partial charge in [-0.05, 0) is 12.1 Å². The Bertz CT molecular complexity index is 393. The molecule has 0 aliphatic carbocycles. The van der Waals surface area contributed by atoms with Crippen LogP contribution in [0, 0.1) is 0 Å². The first kappa shape index (κ1) is 7.10. The fourth-order valence-electron chi connectivity index (χ4n) is 1.29. The Morgan fingerprint density at radius 2 is 2.08 bits per heavy atom. The monoisotopic (exact) mass is 159 g/mol. The van der Waals surface area contributed by atoms with Gasteiger partial charge in [-0.25, -0.2) is 0 Å². The number of rotatable bonds is 1. The molecule has 1 aromatic carbocycles. The van der Waals surface area contributed by atoms with E-state index < -0.39 is 0 Å². The molecule has 0 radical (unpaired) electrons. The van der Waals surface area contributed by atoms with Crippen LogP contribution in [0.25, 0.3) is 10.9 Å². The van der Waals surface area contributed by atoms with Crippen LogP contribution >= 0.6 is 0 Å². The van der Waals surface area contributed by atoms with Gasteiger partial charge in [0.15, 0.2) is 5.71 Å². The van der Waals surface area contributed by atoms with E-state index in [2.05, 4.69) is 17.1 Å². The van der Waals surface area contributed by atoms with Crippen LogP contribution in [0.15, 0.2) is 30.3 Å². The van der Waals surface area contributed by atoms with Crippen molar-refractivity contribution in [1.82, 2.24) is 4.98 Å². The summed E-state index contributed by atoms with van der Waals surface area (Å²) in [5.41, 5.74) is 2.97. The number of para-hydroxylation sites is 1. The van der Waals surface area contributed by atoms with Gasteiger partial charge in [-0.3, -0.25) is 5.41 Å². The topological polar surface area (TPSA) is 41.4 Å². The first-order valence-electron chi connectivity index (χ1n) is 3.94. The number of aromatic amines is 1. The van der Waals surface area contributed by atoms with Crippen molar-refractivity contribution >= 4 is 16.6 Å². The molecular weight excluding hydrogens is 148 g/mol. The molecule has 0 atom stereocenters. The van der Waals surface area contributed by atoms with Crippen molar-refractivity contribution < 1.29 is 5.41 Å². The predicted octanol–water partition coefficient (Wildman–Crippen LogP) is 0.736. The highest BCUT2D eigenvalue weighted by Gasteiger charge is 2.03. The zero-order valence-corrected chi connectivity index (χ0v) is 6.96. The average molecular weight is 159 g/mol. The number of nitrogens with one attached hydrogen (secondary N) is 1. The Morgan fingerprint density at radius 1 is 1.33 bits per heavy atom. The lowest BCUT2D eigenvalue weighted by Crippen LogP contribution is -2.38. The van der Waals surface area contributed by atoms with E-state index in [1.165, 1.54) is 5.39 Å². The fraction of sp³-hybridized carbons (Fsp3) is 0.100. The molecule has 2 heteroatoms. The van der Waals surface area contributed by atoms with Crippen molar-refractivity contribution in [3.63, 3.8) is 0 Å². The van der Waals surface area contributed by atoms with Crippen molar-refractivity contribution in [3.8, 4) is 0 Å². The van der Waals surface area contributed by atoms with Gasteiger partial charge in [0.25, 0.3) is 0 Å². The smallest absolute Gasteiger partial charge is 0.193 e. The second kappa shape index (κ2) is 2.48. The molecule has 2 nitrogen and oxygen atoms in total. The third-order valence-corrected chi connectivity index (χ3v) is 1.95. The second-order valence-electron chi connectivity index (χ2n) is 2.95. The summed E-state index contributed by atoms with van der Waals surface area (Å²) in [6, 6.07) is 10.2. The van der Waals surface area contributed by atoms with Crippen LogP contribution in [0.1, 0.15) is 12.6 Å². The van der Waals surface area contributed by atoms with Crippen LogP contribution in [0.5, 0.6) is 0 Å². The van der Waals surface area contributed by atoms with Crippen molar-refractivity contribution in [1.29, 1.82) is 0 Å². The maximum Gasteiger partial charge on any atom is 0.193 e. The quantitative estimate of drug-likeness (QED) is 0.576. The Hall–Kier alpha value is -1.57. The summed E-state index contributed by atoms with van der Waals surface area (Å²) in [4.78, 5) is 3.23. The highest BCUT2D eigenvalue weighted by molar-refractivity contribution is 5.97. The molecule has 0 aliphatic rings. The van der Waals surface area contributed by atoms with Gasteiger partial charge in [0.1, 0.15) is 5.69 Å². The fourth-order valence-corrected chi connectivity index (χ4v) is 1.29. The van der Waals surface area contributed by atoms with Gasteiger partial charge >= 0.3 is 0 Å². The summed E-state index contributed by atoms with van der Waals surface area (Å²) in [5.74, 6) is 0. The molecule has 0 spiro atoms. The molecule has 1 aromatic heterocycles. The zero-order chi connectivity index (χ0) is 8.55. The highest BCUT2D eigenvalue weighted by Crippen LogP contribution is 2.13. The van der Waals surface area contributed by atoms with Crippen LogP contribution in [0.3, 0.4) is 0 Å². The maximum absolute atomic E-state index is 5.66. The minimum Gasteiger partial charge on any atom is -0.350 e. The summed E-state index contributed by atoms with van der Waals surface area (Å²) in [5, 5.41) is 6.87. The first-order chi connectivity index (χ1) is 5.77. The SMILES string of the molecule is CC(=[NH2+])c1cc2ccccc2[nH]1. The number of nitrogens with two attached hydrogens (primary N) is 1. The molecule has 3 N–H and O–H groups in total. The minimum absolute atomic E-state index is 0.825. The number of hydrogen-bond acceptors (Lipinski definition) is 0. The summed E-state index contributed by atoms with van der Waals surface area (Å²) in [7, 11) is 0. The Kier molecular flexibility index (Phi) is 1.47. The van der Waals surface area contributed by atoms with E-state index in [1.807, 2.05) is 25.1 Å². The summed E-state index contributed by atoms with van der Waals surface area (Å²) < 4.78 is 0. The van der Waals surface area contributed by atoms with Gasteiger partial charge in [0, 0.05) is 17.8 Å². The van der Waals surface area contributed by atoms with Crippen LogP contribution < -0.4 is 5.41 Å². The summed E-state index contributed by atoms with van der Waals surface area (Å²) in [6.07, 6.45) is 0. The van der Waals surface area contributed by atoms with Crippen molar-refractivity contribution in [2.45, 2.75) is 6.92 Å². The van der Waals surface area contributed by atoms with E-state index in [1.54, 1.807) is 0 Å². The van der Waals surface area contributed by atoms with E-state index in [0.717, 1.165) is 16.9 Å². The van der Waals surface area contributed by atoms with Crippen LogP contribution in [0.2, 0.25) is 0 Å². The zero-order valence-electron chi connectivity index (χ0n) is 6.96.